The molecule has 0 fully saturated rings. The summed E-state index contributed by atoms with van der Waals surface area (Å²) in [4.78, 5) is 8.19. The Morgan fingerprint density at radius 2 is 2.00 bits per heavy atom. The number of rotatable bonds is 5. The highest BCUT2D eigenvalue weighted by Crippen LogP contribution is 2.11. The van der Waals surface area contributed by atoms with E-state index in [1.54, 1.807) is 19.4 Å². The quantitative estimate of drug-likeness (QED) is 0.839. The van der Waals surface area contributed by atoms with Crippen molar-refractivity contribution in [1.82, 2.24) is 9.97 Å². The molecule has 94 valence electrons. The van der Waals surface area contributed by atoms with Crippen molar-refractivity contribution in [2.75, 3.05) is 18.2 Å². The number of nitrogens with zero attached hydrogens (tertiary/aromatic N) is 2. The van der Waals surface area contributed by atoms with Crippen LogP contribution in [0.25, 0.3) is 0 Å². The highest BCUT2D eigenvalue weighted by atomic mass is 16.5. The maximum absolute atomic E-state index is 5.59. The molecule has 1 heterocycles. The minimum atomic E-state index is 0.456. The summed E-state index contributed by atoms with van der Waals surface area (Å²) in [6.07, 6.45) is 1.63. The first-order valence-electron chi connectivity index (χ1n) is 5.67. The summed E-state index contributed by atoms with van der Waals surface area (Å²) in [7, 11) is 1.69. The number of nitrogens with two attached hydrogens (primary N) is 1. The summed E-state index contributed by atoms with van der Waals surface area (Å²) in [6, 6.07) is 9.74. The van der Waals surface area contributed by atoms with Crippen LogP contribution in [0.15, 0.2) is 36.5 Å². The molecule has 0 aliphatic rings. The Balaban J connectivity index is 2.06. The van der Waals surface area contributed by atoms with Gasteiger partial charge < -0.3 is 15.8 Å². The van der Waals surface area contributed by atoms with E-state index in [1.807, 2.05) is 24.3 Å². The first kappa shape index (κ1) is 12.3. The minimum Gasteiger partial charge on any atom is -0.384 e. The van der Waals surface area contributed by atoms with Crippen molar-refractivity contribution in [2.45, 2.75) is 13.2 Å². The van der Waals surface area contributed by atoms with Crippen LogP contribution in [0.3, 0.4) is 0 Å². The average molecular weight is 244 g/mol. The van der Waals surface area contributed by atoms with Gasteiger partial charge in [-0.05, 0) is 17.2 Å². The molecule has 3 N–H and O–H groups in total. The maximum Gasteiger partial charge on any atom is 0.224 e. The van der Waals surface area contributed by atoms with Gasteiger partial charge in [0.15, 0.2) is 0 Å². The number of nitrogen functional groups attached to an aromatic ring is 1. The van der Waals surface area contributed by atoms with Gasteiger partial charge in [-0.2, -0.15) is 4.98 Å². The van der Waals surface area contributed by atoms with Crippen molar-refractivity contribution in [2.24, 2.45) is 0 Å². The van der Waals surface area contributed by atoms with Gasteiger partial charge in [0, 0.05) is 19.9 Å². The molecule has 0 spiro atoms. The molecule has 0 bridgehead atoms. The first-order chi connectivity index (χ1) is 8.79. The van der Waals surface area contributed by atoms with Crippen molar-refractivity contribution >= 4 is 11.8 Å². The van der Waals surface area contributed by atoms with E-state index in [1.165, 1.54) is 0 Å². The fraction of sp³-hybridized carbons (Fsp3) is 0.231. The van der Waals surface area contributed by atoms with E-state index in [2.05, 4.69) is 15.3 Å². The minimum absolute atomic E-state index is 0.456. The smallest absolute Gasteiger partial charge is 0.224 e. The van der Waals surface area contributed by atoms with Crippen LogP contribution in [0, 0.1) is 0 Å². The van der Waals surface area contributed by atoms with Gasteiger partial charge in [0.05, 0.1) is 6.61 Å². The van der Waals surface area contributed by atoms with Crippen molar-refractivity contribution in [3.8, 4) is 0 Å². The third-order valence-corrected chi connectivity index (χ3v) is 2.53. The third-order valence-electron chi connectivity index (χ3n) is 2.53. The van der Waals surface area contributed by atoms with Crippen LogP contribution in [0.4, 0.5) is 11.8 Å². The predicted molar refractivity (Wildman–Crippen MR) is 70.9 cm³/mol. The zero-order valence-corrected chi connectivity index (χ0v) is 10.3. The molecule has 0 atom stereocenters. The SMILES string of the molecule is COCc1ccccc1CNc1nccc(N)n1. The van der Waals surface area contributed by atoms with E-state index in [-0.39, 0.29) is 0 Å². The molecule has 5 nitrogen and oxygen atoms in total. The lowest BCUT2D eigenvalue weighted by molar-refractivity contribution is 0.184. The summed E-state index contributed by atoms with van der Waals surface area (Å²) in [6.45, 7) is 1.23. The van der Waals surface area contributed by atoms with Gasteiger partial charge in [0.2, 0.25) is 5.95 Å². The molecule has 18 heavy (non-hydrogen) atoms. The largest absolute Gasteiger partial charge is 0.384 e. The number of aromatic nitrogens is 2. The molecule has 0 amide bonds. The van der Waals surface area contributed by atoms with E-state index in [0.717, 1.165) is 11.1 Å². The lowest BCUT2D eigenvalue weighted by Gasteiger charge is -2.09. The number of ether oxygens (including phenoxy) is 1. The normalized spacial score (nSPS) is 10.3. The van der Waals surface area contributed by atoms with Crippen LogP contribution < -0.4 is 11.1 Å². The molecular weight excluding hydrogens is 228 g/mol. The fourth-order valence-corrected chi connectivity index (χ4v) is 1.66. The number of hydrogen-bond acceptors (Lipinski definition) is 5. The fourth-order valence-electron chi connectivity index (χ4n) is 1.66. The molecule has 0 saturated carbocycles. The van der Waals surface area contributed by atoms with Crippen LogP contribution >= 0.6 is 0 Å². The van der Waals surface area contributed by atoms with Crippen LogP contribution in [0.5, 0.6) is 0 Å². The Morgan fingerprint density at radius 1 is 1.22 bits per heavy atom. The van der Waals surface area contributed by atoms with Gasteiger partial charge in [-0.1, -0.05) is 24.3 Å². The van der Waals surface area contributed by atoms with Crippen LogP contribution in [-0.4, -0.2) is 17.1 Å². The summed E-state index contributed by atoms with van der Waals surface area (Å²) in [5.74, 6) is 0.986. The van der Waals surface area contributed by atoms with Crippen molar-refractivity contribution in [3.63, 3.8) is 0 Å². The number of anilines is 2. The maximum atomic E-state index is 5.59. The highest BCUT2D eigenvalue weighted by molar-refractivity contribution is 5.37. The van der Waals surface area contributed by atoms with Gasteiger partial charge in [-0.3, -0.25) is 0 Å². The van der Waals surface area contributed by atoms with Crippen molar-refractivity contribution < 1.29 is 4.74 Å². The zero-order valence-electron chi connectivity index (χ0n) is 10.3. The van der Waals surface area contributed by atoms with Crippen LogP contribution in [0.1, 0.15) is 11.1 Å². The van der Waals surface area contributed by atoms with Gasteiger partial charge in [-0.25, -0.2) is 4.98 Å². The second kappa shape index (κ2) is 5.97. The molecule has 0 radical (unpaired) electrons. The Hall–Kier alpha value is -2.14. The van der Waals surface area contributed by atoms with E-state index >= 15 is 0 Å². The Morgan fingerprint density at radius 3 is 2.72 bits per heavy atom. The van der Waals surface area contributed by atoms with Crippen LogP contribution in [-0.2, 0) is 17.9 Å². The van der Waals surface area contributed by atoms with Gasteiger partial charge in [-0.15, -0.1) is 0 Å². The standard InChI is InChI=1S/C13H16N4O/c1-18-9-11-5-3-2-4-10(11)8-16-13-15-7-6-12(14)17-13/h2-7H,8-9H2,1H3,(H3,14,15,16,17). The first-order valence-corrected chi connectivity index (χ1v) is 5.67. The average Bonchev–Trinajstić information content (AvgIpc) is 2.38. The van der Waals surface area contributed by atoms with Gasteiger partial charge in [0.1, 0.15) is 5.82 Å². The molecule has 2 rings (SSSR count). The lowest BCUT2D eigenvalue weighted by atomic mass is 10.1. The monoisotopic (exact) mass is 244 g/mol. The summed E-state index contributed by atoms with van der Waals surface area (Å²) in [5, 5.41) is 3.14. The summed E-state index contributed by atoms with van der Waals surface area (Å²) >= 11 is 0. The van der Waals surface area contributed by atoms with Gasteiger partial charge >= 0.3 is 0 Å². The van der Waals surface area contributed by atoms with E-state index in [9.17, 15) is 0 Å². The van der Waals surface area contributed by atoms with Crippen LogP contribution in [0.2, 0.25) is 0 Å². The van der Waals surface area contributed by atoms with Gasteiger partial charge in [0.25, 0.3) is 0 Å². The molecule has 1 aromatic carbocycles. The second-order valence-electron chi connectivity index (χ2n) is 3.86. The molecular formula is C13H16N4O. The van der Waals surface area contributed by atoms with E-state index < -0.39 is 0 Å². The number of methoxy groups -OCH3 is 1. The summed E-state index contributed by atoms with van der Waals surface area (Å²) in [5.41, 5.74) is 7.90. The van der Waals surface area contributed by atoms with E-state index in [0.29, 0.717) is 24.9 Å². The van der Waals surface area contributed by atoms with E-state index in [4.69, 9.17) is 10.5 Å². The van der Waals surface area contributed by atoms with Crippen molar-refractivity contribution in [3.05, 3.63) is 47.7 Å². The Bertz CT molecular complexity index is 516. The highest BCUT2D eigenvalue weighted by Gasteiger charge is 2.02. The predicted octanol–water partition coefficient (Wildman–Crippen LogP) is 1.82. The topological polar surface area (TPSA) is 73.1 Å². The molecule has 1 aromatic heterocycles. The number of hydrogen-bond donors (Lipinski definition) is 2. The molecule has 0 saturated heterocycles. The third kappa shape index (κ3) is 3.18. The summed E-state index contributed by atoms with van der Waals surface area (Å²) < 4.78 is 5.16. The Labute approximate surface area is 106 Å². The molecule has 5 heteroatoms. The van der Waals surface area contributed by atoms with Crippen molar-refractivity contribution in [1.29, 1.82) is 0 Å². The number of nitrogens with one attached hydrogen (secondary N) is 1. The molecule has 0 unspecified atom stereocenters. The lowest BCUT2D eigenvalue weighted by Crippen LogP contribution is -2.07. The molecule has 0 aliphatic heterocycles. The zero-order chi connectivity index (χ0) is 12.8. The molecule has 2 aromatic rings. The molecule has 0 aliphatic carbocycles. The Kier molecular flexibility index (Phi) is 4.09. The second-order valence-corrected chi connectivity index (χ2v) is 3.86. The number of benzene rings is 1.